The van der Waals surface area contributed by atoms with Gasteiger partial charge in [0, 0.05) is 54.7 Å². The number of amides is 1. The summed E-state index contributed by atoms with van der Waals surface area (Å²) in [6, 6.07) is 3.39. The fraction of sp³-hybridized carbons (Fsp3) is 0.655. The highest BCUT2D eigenvalue weighted by molar-refractivity contribution is 7.56. The fourth-order valence-corrected chi connectivity index (χ4v) is 9.32. The molecule has 2 aromatic rings. The number of aryl methyl sites for hydroxylation is 1. The van der Waals surface area contributed by atoms with Crippen LogP contribution < -0.4 is 5.32 Å². The van der Waals surface area contributed by atoms with E-state index in [0.29, 0.717) is 0 Å². The van der Waals surface area contributed by atoms with E-state index in [2.05, 4.69) is 60.1 Å². The monoisotopic (exact) mass is 561 g/mol. The Labute approximate surface area is 233 Å². The second kappa shape index (κ2) is 13.6. The second-order valence-electron chi connectivity index (χ2n) is 11.0. The molecule has 1 amide bonds. The number of nitrogens with one attached hydrogen (secondary N) is 1. The van der Waals surface area contributed by atoms with E-state index in [1.54, 1.807) is 0 Å². The van der Waals surface area contributed by atoms with Crippen LogP contribution in [0.25, 0.3) is 0 Å². The zero-order valence-corrected chi connectivity index (χ0v) is 25.3. The summed E-state index contributed by atoms with van der Waals surface area (Å²) >= 11 is 1.15. The number of aromatic nitrogens is 2. The van der Waals surface area contributed by atoms with Gasteiger partial charge in [0.2, 0.25) is 5.91 Å². The predicted octanol–water partition coefficient (Wildman–Crippen LogP) is 5.96. The van der Waals surface area contributed by atoms with Gasteiger partial charge in [0.25, 0.3) is 0 Å². The van der Waals surface area contributed by atoms with Crippen LogP contribution in [-0.2, 0) is 17.8 Å². The zero-order chi connectivity index (χ0) is 27.2. The summed E-state index contributed by atoms with van der Waals surface area (Å²) in [6.07, 6.45) is 11.4. The number of likely N-dealkylation sites (N-methyl/N-ethyl adjacent to an activating group) is 2. The third-order valence-electron chi connectivity index (χ3n) is 8.23. The first-order chi connectivity index (χ1) is 18.3. The molecule has 6 nitrogen and oxygen atoms in total. The van der Waals surface area contributed by atoms with E-state index in [9.17, 15) is 9.18 Å². The first-order valence-electron chi connectivity index (χ1n) is 14.2. The molecular weight excluding hydrogens is 516 g/mol. The number of rotatable bonds is 12. The van der Waals surface area contributed by atoms with Crippen molar-refractivity contribution in [2.45, 2.75) is 77.4 Å². The minimum absolute atomic E-state index is 0.0898. The average Bonchev–Trinajstić information content (AvgIpc) is 3.49. The number of thiophene rings is 1. The minimum Gasteiger partial charge on any atom is -0.348 e. The van der Waals surface area contributed by atoms with E-state index in [1.165, 1.54) is 23.9 Å². The van der Waals surface area contributed by atoms with Gasteiger partial charge in [-0.15, -0.1) is 17.9 Å². The number of hydrogen-bond acceptors (Lipinski definition) is 5. The quantitative estimate of drug-likeness (QED) is 0.257. The summed E-state index contributed by atoms with van der Waals surface area (Å²) in [5, 5.41) is 3.09. The summed E-state index contributed by atoms with van der Waals surface area (Å²) in [5.74, 6) is 1.35. The zero-order valence-electron chi connectivity index (χ0n) is 23.6. The van der Waals surface area contributed by atoms with Gasteiger partial charge in [0.05, 0.1) is 11.7 Å². The molecule has 0 bridgehead atoms. The normalized spacial score (nSPS) is 19.2. The third kappa shape index (κ3) is 7.12. The summed E-state index contributed by atoms with van der Waals surface area (Å²) in [6.45, 7) is 11.4. The Kier molecular flexibility index (Phi) is 10.6. The highest BCUT2D eigenvalue weighted by atomic mass is 32.1. The molecule has 1 aliphatic heterocycles. The van der Waals surface area contributed by atoms with Crippen LogP contribution >= 0.6 is 19.4 Å². The lowest BCUT2D eigenvalue weighted by atomic mass is 9.88. The van der Waals surface area contributed by atoms with Crippen molar-refractivity contribution in [3.05, 3.63) is 52.0 Å². The lowest BCUT2D eigenvalue weighted by Gasteiger charge is -2.32. The molecule has 2 aromatic heterocycles. The Morgan fingerprint density at radius 1 is 1.37 bits per heavy atom. The number of nitrogens with zero attached hydrogens (tertiary/aromatic N) is 4. The van der Waals surface area contributed by atoms with Gasteiger partial charge in [-0.05, 0) is 66.6 Å². The van der Waals surface area contributed by atoms with Crippen LogP contribution in [-0.4, -0.2) is 70.6 Å². The molecule has 0 radical (unpaired) electrons. The second-order valence-corrected chi connectivity index (χ2v) is 14.4. The molecule has 1 fully saturated rings. The molecule has 3 atom stereocenters. The van der Waals surface area contributed by atoms with Crippen LogP contribution in [0.4, 0.5) is 4.39 Å². The Balaban J connectivity index is 1.42. The average molecular weight is 562 g/mol. The molecule has 210 valence electrons. The van der Waals surface area contributed by atoms with Crippen LogP contribution in [0.1, 0.15) is 73.6 Å². The maximum atomic E-state index is 13.9. The van der Waals surface area contributed by atoms with Crippen LogP contribution in [0.5, 0.6) is 0 Å². The molecule has 0 spiro atoms. The van der Waals surface area contributed by atoms with Crippen molar-refractivity contribution in [2.75, 3.05) is 39.5 Å². The highest BCUT2D eigenvalue weighted by Crippen LogP contribution is 2.43. The summed E-state index contributed by atoms with van der Waals surface area (Å²) < 4.78 is 16.5. The predicted molar refractivity (Wildman–Crippen MR) is 158 cm³/mol. The maximum Gasteiger partial charge on any atom is 0.223 e. The van der Waals surface area contributed by atoms with E-state index in [0.717, 1.165) is 92.5 Å². The minimum atomic E-state index is -0.428. The molecule has 0 saturated heterocycles. The number of carbonyl (C=O) groups excluding carboxylic acids is 1. The van der Waals surface area contributed by atoms with Crippen LogP contribution in [0, 0.1) is 18.0 Å². The van der Waals surface area contributed by atoms with E-state index in [4.69, 9.17) is 4.98 Å². The van der Waals surface area contributed by atoms with E-state index in [-0.39, 0.29) is 29.0 Å². The SMILES string of the molecule is C=CC(CP(CC)n1c(C)nc2c1CCN(C)C2)N(C)CCC(NC(=O)C1CCCCC1)c1ccc(F)s1. The molecule has 9 heteroatoms. The third-order valence-corrected chi connectivity index (χ3v) is 11.8. The topological polar surface area (TPSA) is 53.4 Å². The van der Waals surface area contributed by atoms with Crippen molar-refractivity contribution in [1.29, 1.82) is 0 Å². The molecule has 4 rings (SSSR count). The molecule has 38 heavy (non-hydrogen) atoms. The Bertz CT molecular complexity index is 1080. The fourth-order valence-electron chi connectivity index (χ4n) is 5.92. The summed E-state index contributed by atoms with van der Waals surface area (Å²) in [7, 11) is 3.89. The van der Waals surface area contributed by atoms with Crippen molar-refractivity contribution in [2.24, 2.45) is 5.92 Å². The van der Waals surface area contributed by atoms with Crippen molar-refractivity contribution in [3.8, 4) is 0 Å². The molecular formula is C29H45FN5OPS. The van der Waals surface area contributed by atoms with Crippen LogP contribution in [0.15, 0.2) is 24.8 Å². The molecule has 2 aliphatic rings. The number of hydrogen-bond donors (Lipinski definition) is 1. The summed E-state index contributed by atoms with van der Waals surface area (Å²) in [4.78, 5) is 23.6. The van der Waals surface area contributed by atoms with Gasteiger partial charge in [-0.1, -0.05) is 32.3 Å². The van der Waals surface area contributed by atoms with Crippen LogP contribution in [0.2, 0.25) is 0 Å². The van der Waals surface area contributed by atoms with Crippen molar-refractivity contribution in [1.82, 2.24) is 24.4 Å². The smallest absolute Gasteiger partial charge is 0.223 e. The van der Waals surface area contributed by atoms with Crippen molar-refractivity contribution in [3.63, 3.8) is 0 Å². The Hall–Kier alpha value is -1.60. The lowest BCUT2D eigenvalue weighted by molar-refractivity contribution is -0.126. The van der Waals surface area contributed by atoms with E-state index < -0.39 is 8.07 Å². The van der Waals surface area contributed by atoms with Gasteiger partial charge in [0.1, 0.15) is 5.82 Å². The van der Waals surface area contributed by atoms with Gasteiger partial charge >= 0.3 is 0 Å². The largest absolute Gasteiger partial charge is 0.348 e. The van der Waals surface area contributed by atoms with Gasteiger partial charge in [-0.2, -0.15) is 4.39 Å². The highest BCUT2D eigenvalue weighted by Gasteiger charge is 2.28. The first-order valence-corrected chi connectivity index (χ1v) is 16.7. The van der Waals surface area contributed by atoms with Crippen LogP contribution in [0.3, 0.4) is 0 Å². The van der Waals surface area contributed by atoms with Crippen molar-refractivity contribution < 1.29 is 9.18 Å². The lowest BCUT2D eigenvalue weighted by Crippen LogP contribution is -2.38. The van der Waals surface area contributed by atoms with E-state index in [1.807, 2.05) is 6.07 Å². The van der Waals surface area contributed by atoms with Gasteiger partial charge in [-0.3, -0.25) is 9.69 Å². The maximum absolute atomic E-state index is 13.9. The number of carbonyl (C=O) groups is 1. The molecule has 0 aromatic carbocycles. The Morgan fingerprint density at radius 3 is 2.79 bits per heavy atom. The molecule has 1 N–H and O–H groups in total. The molecule has 3 unspecified atom stereocenters. The number of fused-ring (bicyclic) bond motifs is 1. The summed E-state index contributed by atoms with van der Waals surface area (Å²) in [5.41, 5.74) is 2.66. The van der Waals surface area contributed by atoms with Gasteiger partial charge < -0.3 is 14.6 Å². The number of halogens is 1. The Morgan fingerprint density at radius 2 is 2.13 bits per heavy atom. The molecule has 3 heterocycles. The standard InChI is InChI=1S/C29H45FN5OPS/c1-6-23(20-37(7-2)35-21(3)31-25-19-33(4)17-16-26(25)35)34(5)18-15-24(27-13-14-28(30)38-27)32-29(36)22-11-9-8-10-12-22/h6,13-14,22-24H,1,7-12,15-20H2,2-5H3,(H,32,36). The van der Waals surface area contributed by atoms with Gasteiger partial charge in [0.15, 0.2) is 5.13 Å². The molecule has 1 aliphatic carbocycles. The van der Waals surface area contributed by atoms with Gasteiger partial charge in [-0.25, -0.2) is 4.98 Å². The first kappa shape index (κ1) is 29.4. The van der Waals surface area contributed by atoms with Crippen molar-refractivity contribution >= 4 is 25.3 Å². The van der Waals surface area contributed by atoms with E-state index >= 15 is 0 Å². The molecule has 1 saturated carbocycles. The number of imidazole rings is 1.